The Labute approximate surface area is 139 Å². The minimum Gasteiger partial charge on any atom is -0.103 e. The first-order valence-corrected chi connectivity index (χ1v) is 10.4. The van der Waals surface area contributed by atoms with Crippen molar-refractivity contribution in [3.63, 3.8) is 0 Å². The molecule has 0 heterocycles. The van der Waals surface area contributed by atoms with Gasteiger partial charge in [-0.1, -0.05) is 25.8 Å². The number of hydrogen-bond acceptors (Lipinski definition) is 0. The maximum absolute atomic E-state index is 3.92. The van der Waals surface area contributed by atoms with Gasteiger partial charge in [-0.05, 0) is 106 Å². The van der Waals surface area contributed by atoms with Gasteiger partial charge in [0.25, 0.3) is 0 Å². The molecule has 0 aromatic carbocycles. The fourth-order valence-electron chi connectivity index (χ4n) is 5.98. The summed E-state index contributed by atoms with van der Waals surface area (Å²) >= 11 is 0. The van der Waals surface area contributed by atoms with Crippen LogP contribution in [0.3, 0.4) is 0 Å². The summed E-state index contributed by atoms with van der Waals surface area (Å²) in [5.41, 5.74) is 0. The number of allylic oxidation sites excluding steroid dienone is 1. The van der Waals surface area contributed by atoms with Crippen LogP contribution in [-0.2, 0) is 0 Å². The zero-order chi connectivity index (χ0) is 15.4. The van der Waals surface area contributed by atoms with E-state index in [2.05, 4.69) is 19.6 Å². The van der Waals surface area contributed by atoms with E-state index in [1.807, 2.05) is 0 Å². The van der Waals surface area contributed by atoms with Crippen LogP contribution in [0.1, 0.15) is 90.4 Å². The second-order valence-electron chi connectivity index (χ2n) is 9.00. The summed E-state index contributed by atoms with van der Waals surface area (Å²) in [6.07, 6.45) is 21.8. The summed E-state index contributed by atoms with van der Waals surface area (Å²) in [6, 6.07) is 0. The minimum absolute atomic E-state index is 0.967. The maximum Gasteiger partial charge on any atom is -0.0325 e. The van der Waals surface area contributed by atoms with E-state index in [-0.39, 0.29) is 0 Å². The van der Waals surface area contributed by atoms with Gasteiger partial charge < -0.3 is 0 Å². The Morgan fingerprint density at radius 2 is 1.00 bits per heavy atom. The van der Waals surface area contributed by atoms with E-state index in [0.29, 0.717) is 0 Å². The normalized spacial score (nSPS) is 43.7. The molecule has 3 saturated carbocycles. The van der Waals surface area contributed by atoms with Crippen molar-refractivity contribution in [1.82, 2.24) is 0 Å². The van der Waals surface area contributed by atoms with Crippen LogP contribution in [-0.4, -0.2) is 0 Å². The van der Waals surface area contributed by atoms with Gasteiger partial charge >= 0.3 is 0 Å². The van der Waals surface area contributed by atoms with Crippen LogP contribution in [0.5, 0.6) is 0 Å². The monoisotopic (exact) mass is 302 g/mol. The molecular formula is C22H38. The molecule has 0 unspecified atom stereocenters. The molecule has 0 heteroatoms. The third-order valence-corrected chi connectivity index (χ3v) is 7.60. The predicted octanol–water partition coefficient (Wildman–Crippen LogP) is 7.00. The van der Waals surface area contributed by atoms with Gasteiger partial charge in [-0.2, -0.15) is 0 Å². The van der Waals surface area contributed by atoms with Gasteiger partial charge in [0.15, 0.2) is 0 Å². The summed E-state index contributed by atoms with van der Waals surface area (Å²) < 4.78 is 0. The molecule has 0 aliphatic heterocycles. The van der Waals surface area contributed by atoms with Gasteiger partial charge in [0, 0.05) is 0 Å². The first-order chi connectivity index (χ1) is 10.8. The lowest BCUT2D eigenvalue weighted by Crippen LogP contribution is -2.29. The standard InChI is InChI=1S/C22H38/c1-3-4-18-7-11-20(12-8-18)22-15-13-21(14-16-22)19-9-5-17(2)6-10-19/h3,17-22H,1,4-16H2,2H3. The highest BCUT2D eigenvalue weighted by Crippen LogP contribution is 2.46. The van der Waals surface area contributed by atoms with Crippen molar-refractivity contribution in [3.05, 3.63) is 12.7 Å². The SMILES string of the molecule is C=CCC1CCC(C2CCC(C3CCC(C)CC3)CC2)CC1. The second-order valence-corrected chi connectivity index (χ2v) is 9.00. The van der Waals surface area contributed by atoms with Crippen molar-refractivity contribution in [2.24, 2.45) is 35.5 Å². The fourth-order valence-corrected chi connectivity index (χ4v) is 5.98. The van der Waals surface area contributed by atoms with Gasteiger partial charge in [0.2, 0.25) is 0 Å². The van der Waals surface area contributed by atoms with Crippen LogP contribution in [0.15, 0.2) is 12.7 Å². The van der Waals surface area contributed by atoms with E-state index in [1.54, 1.807) is 38.5 Å². The lowest BCUT2D eigenvalue weighted by molar-refractivity contribution is 0.106. The van der Waals surface area contributed by atoms with Crippen LogP contribution in [0.2, 0.25) is 0 Å². The highest BCUT2D eigenvalue weighted by molar-refractivity contribution is 4.86. The van der Waals surface area contributed by atoms with Crippen molar-refractivity contribution in [2.75, 3.05) is 0 Å². The van der Waals surface area contributed by atoms with Gasteiger partial charge in [-0.25, -0.2) is 0 Å². The smallest absolute Gasteiger partial charge is 0.0325 e. The van der Waals surface area contributed by atoms with Crippen molar-refractivity contribution in [1.29, 1.82) is 0 Å². The molecule has 0 atom stereocenters. The average Bonchev–Trinajstić information content (AvgIpc) is 2.57. The quantitative estimate of drug-likeness (QED) is 0.490. The molecule has 0 saturated heterocycles. The van der Waals surface area contributed by atoms with Crippen LogP contribution in [0.4, 0.5) is 0 Å². The van der Waals surface area contributed by atoms with Crippen LogP contribution in [0.25, 0.3) is 0 Å². The maximum atomic E-state index is 3.92. The minimum atomic E-state index is 0.967. The molecule has 0 aromatic heterocycles. The molecule has 0 amide bonds. The predicted molar refractivity (Wildman–Crippen MR) is 96.8 cm³/mol. The van der Waals surface area contributed by atoms with Crippen LogP contribution < -0.4 is 0 Å². The first kappa shape index (κ1) is 16.6. The topological polar surface area (TPSA) is 0 Å². The van der Waals surface area contributed by atoms with Gasteiger partial charge in [0.05, 0.1) is 0 Å². The Bertz CT molecular complexity index is 320. The fraction of sp³-hybridized carbons (Fsp3) is 0.909. The van der Waals surface area contributed by atoms with Crippen molar-refractivity contribution >= 4 is 0 Å². The van der Waals surface area contributed by atoms with Crippen molar-refractivity contribution in [3.8, 4) is 0 Å². The lowest BCUT2D eigenvalue weighted by Gasteiger charge is -2.41. The molecule has 0 aromatic rings. The Balaban J connectivity index is 1.39. The molecule has 0 nitrogen and oxygen atoms in total. The molecule has 0 bridgehead atoms. The summed E-state index contributed by atoms with van der Waals surface area (Å²) in [6.45, 7) is 6.38. The zero-order valence-electron chi connectivity index (χ0n) is 14.9. The molecule has 3 rings (SSSR count). The molecule has 0 radical (unpaired) electrons. The number of rotatable bonds is 4. The van der Waals surface area contributed by atoms with E-state index in [1.165, 1.54) is 44.9 Å². The Kier molecular flexibility index (Phi) is 6.05. The third kappa shape index (κ3) is 4.18. The molecular weight excluding hydrogens is 264 g/mol. The largest absolute Gasteiger partial charge is 0.103 e. The Morgan fingerprint density at radius 1 is 0.636 bits per heavy atom. The van der Waals surface area contributed by atoms with E-state index in [4.69, 9.17) is 0 Å². The zero-order valence-corrected chi connectivity index (χ0v) is 14.9. The van der Waals surface area contributed by atoms with Crippen LogP contribution >= 0.6 is 0 Å². The number of hydrogen-bond donors (Lipinski definition) is 0. The molecule has 3 fully saturated rings. The van der Waals surface area contributed by atoms with E-state index >= 15 is 0 Å². The van der Waals surface area contributed by atoms with Gasteiger partial charge in [0.1, 0.15) is 0 Å². The van der Waals surface area contributed by atoms with Crippen molar-refractivity contribution in [2.45, 2.75) is 90.4 Å². The van der Waals surface area contributed by atoms with Gasteiger partial charge in [-0.3, -0.25) is 0 Å². The molecule has 0 spiro atoms. The Morgan fingerprint density at radius 3 is 1.41 bits per heavy atom. The van der Waals surface area contributed by atoms with Gasteiger partial charge in [-0.15, -0.1) is 6.58 Å². The summed E-state index contributed by atoms with van der Waals surface area (Å²) in [5, 5.41) is 0. The lowest BCUT2D eigenvalue weighted by atomic mass is 9.65. The van der Waals surface area contributed by atoms with Crippen LogP contribution in [0, 0.1) is 35.5 Å². The molecule has 0 N–H and O–H groups in total. The summed E-state index contributed by atoms with van der Waals surface area (Å²) in [7, 11) is 0. The average molecular weight is 303 g/mol. The summed E-state index contributed by atoms with van der Waals surface area (Å²) in [4.78, 5) is 0. The molecule has 3 aliphatic rings. The molecule has 22 heavy (non-hydrogen) atoms. The summed E-state index contributed by atoms with van der Waals surface area (Å²) in [5.74, 6) is 6.34. The Hall–Kier alpha value is -0.260. The molecule has 3 aliphatic carbocycles. The van der Waals surface area contributed by atoms with Crippen molar-refractivity contribution < 1.29 is 0 Å². The van der Waals surface area contributed by atoms with E-state index in [0.717, 1.165) is 35.5 Å². The first-order valence-electron chi connectivity index (χ1n) is 10.4. The highest BCUT2D eigenvalue weighted by Gasteiger charge is 2.33. The third-order valence-electron chi connectivity index (χ3n) is 7.60. The van der Waals surface area contributed by atoms with E-state index < -0.39 is 0 Å². The molecule has 126 valence electrons. The van der Waals surface area contributed by atoms with E-state index in [9.17, 15) is 0 Å². The second kappa shape index (κ2) is 8.02. The highest BCUT2D eigenvalue weighted by atomic mass is 14.4.